The second-order valence-corrected chi connectivity index (χ2v) is 8.93. The number of carbonyl (C=O) groups excluding carboxylic acids is 2. The van der Waals surface area contributed by atoms with Crippen molar-refractivity contribution in [3.8, 4) is 0 Å². The lowest BCUT2D eigenvalue weighted by atomic mass is 10.00. The Bertz CT molecular complexity index is 1160. The molecule has 3 aliphatic rings. The molecule has 0 aromatic heterocycles. The fraction of sp³-hybridized carbons (Fsp3) is 0.261. The maximum atomic E-state index is 13.3. The van der Waals surface area contributed by atoms with Gasteiger partial charge in [0.15, 0.2) is 5.17 Å². The SMILES string of the molecule is COC(=O)c1ccccc1NC(=O)CSC1=NNC2C3CC(c4ccc(F)cc4)NN3C=CN12. The van der Waals surface area contributed by atoms with Gasteiger partial charge in [-0.2, -0.15) is 5.10 Å². The summed E-state index contributed by atoms with van der Waals surface area (Å²) in [5.74, 6) is -0.898. The molecule has 0 aliphatic carbocycles. The van der Waals surface area contributed by atoms with E-state index in [2.05, 4.69) is 21.3 Å². The molecule has 0 spiro atoms. The highest BCUT2D eigenvalue weighted by Gasteiger charge is 2.44. The van der Waals surface area contributed by atoms with Crippen LogP contribution in [-0.2, 0) is 9.53 Å². The summed E-state index contributed by atoms with van der Waals surface area (Å²) in [6, 6.07) is 13.4. The molecule has 2 aromatic carbocycles. The standard InChI is InChI=1S/C23H23FN6O3S/c1-33-22(32)16-4-2-3-5-17(16)25-20(31)13-34-23-27-26-21-19-12-18(14-6-8-15(24)9-7-14)28-30(19)11-10-29(21)23/h2-11,18-19,21,26,28H,12-13H2,1H3,(H,25,31). The van der Waals surface area contributed by atoms with E-state index in [-0.39, 0.29) is 35.7 Å². The van der Waals surface area contributed by atoms with E-state index in [1.54, 1.807) is 36.4 Å². The van der Waals surface area contributed by atoms with Gasteiger partial charge >= 0.3 is 5.97 Å². The van der Waals surface area contributed by atoms with Crippen LogP contribution >= 0.6 is 11.8 Å². The molecular weight excluding hydrogens is 459 g/mol. The fourth-order valence-electron chi connectivity index (χ4n) is 4.26. The smallest absolute Gasteiger partial charge is 0.339 e. The Morgan fingerprint density at radius 3 is 2.79 bits per heavy atom. The molecule has 3 N–H and O–H groups in total. The molecule has 5 rings (SSSR count). The van der Waals surface area contributed by atoms with Crippen molar-refractivity contribution in [2.75, 3.05) is 18.2 Å². The molecule has 1 amide bonds. The van der Waals surface area contributed by atoms with Crippen molar-refractivity contribution in [1.29, 1.82) is 0 Å². The van der Waals surface area contributed by atoms with Gasteiger partial charge in [-0.15, -0.1) is 0 Å². The fourth-order valence-corrected chi connectivity index (χ4v) is 5.03. The van der Waals surface area contributed by atoms with Gasteiger partial charge in [0, 0.05) is 12.4 Å². The zero-order valence-electron chi connectivity index (χ0n) is 18.3. The van der Waals surface area contributed by atoms with E-state index in [4.69, 9.17) is 4.74 Å². The summed E-state index contributed by atoms with van der Waals surface area (Å²) in [7, 11) is 1.30. The lowest BCUT2D eigenvalue weighted by Gasteiger charge is -2.36. The average molecular weight is 483 g/mol. The van der Waals surface area contributed by atoms with Crippen LogP contribution in [0.3, 0.4) is 0 Å². The number of anilines is 1. The topological polar surface area (TPSA) is 98.3 Å². The number of carbonyl (C=O) groups is 2. The largest absolute Gasteiger partial charge is 0.465 e. The maximum absolute atomic E-state index is 13.3. The van der Waals surface area contributed by atoms with Crippen molar-refractivity contribution in [1.82, 2.24) is 20.8 Å². The Balaban J connectivity index is 1.18. The maximum Gasteiger partial charge on any atom is 0.339 e. The number of hydrazone groups is 1. The minimum absolute atomic E-state index is 0.0642. The number of esters is 1. The molecule has 3 unspecified atom stereocenters. The van der Waals surface area contributed by atoms with Crippen molar-refractivity contribution >= 4 is 34.5 Å². The molecule has 3 atom stereocenters. The second kappa shape index (κ2) is 9.35. The molecule has 176 valence electrons. The molecule has 1 saturated heterocycles. The van der Waals surface area contributed by atoms with E-state index >= 15 is 0 Å². The number of thioether (sulfide) groups is 1. The summed E-state index contributed by atoms with van der Waals surface area (Å²) >= 11 is 1.30. The third kappa shape index (κ3) is 4.31. The number of para-hydroxylation sites is 1. The van der Waals surface area contributed by atoms with Gasteiger partial charge in [0.1, 0.15) is 12.0 Å². The number of fused-ring (bicyclic) bond motifs is 3. The molecule has 0 radical (unpaired) electrons. The molecule has 0 bridgehead atoms. The molecule has 3 heterocycles. The zero-order chi connectivity index (χ0) is 23.7. The number of ether oxygens (including phenoxy) is 1. The number of amides is 1. The van der Waals surface area contributed by atoms with Crippen LogP contribution in [0.15, 0.2) is 66.0 Å². The summed E-state index contributed by atoms with van der Waals surface area (Å²) in [5.41, 5.74) is 8.35. The third-order valence-corrected chi connectivity index (χ3v) is 6.88. The Morgan fingerprint density at radius 1 is 1.21 bits per heavy atom. The summed E-state index contributed by atoms with van der Waals surface area (Å²) < 4.78 is 18.1. The number of nitrogens with zero attached hydrogens (tertiary/aromatic N) is 3. The second-order valence-electron chi connectivity index (χ2n) is 7.99. The Kier molecular flexibility index (Phi) is 6.12. The quantitative estimate of drug-likeness (QED) is 0.560. The van der Waals surface area contributed by atoms with Crippen LogP contribution in [0.25, 0.3) is 0 Å². The van der Waals surface area contributed by atoms with E-state index in [0.29, 0.717) is 16.4 Å². The number of amidine groups is 1. The van der Waals surface area contributed by atoms with Gasteiger partial charge in [-0.1, -0.05) is 36.0 Å². The number of methoxy groups -OCH3 is 1. The number of halogens is 1. The number of hydrazine groups is 1. The predicted molar refractivity (Wildman–Crippen MR) is 127 cm³/mol. The highest BCUT2D eigenvalue weighted by molar-refractivity contribution is 8.14. The number of rotatable bonds is 5. The van der Waals surface area contributed by atoms with Gasteiger partial charge in [0.05, 0.1) is 36.2 Å². The van der Waals surface area contributed by atoms with Crippen LogP contribution in [0.5, 0.6) is 0 Å². The summed E-state index contributed by atoms with van der Waals surface area (Å²) in [4.78, 5) is 26.5. The first-order chi connectivity index (χ1) is 16.5. The van der Waals surface area contributed by atoms with Crippen molar-refractivity contribution in [2.45, 2.75) is 24.7 Å². The predicted octanol–water partition coefficient (Wildman–Crippen LogP) is 2.59. The molecule has 9 nitrogen and oxygen atoms in total. The Morgan fingerprint density at radius 2 is 2.00 bits per heavy atom. The minimum Gasteiger partial charge on any atom is -0.465 e. The van der Waals surface area contributed by atoms with Gasteiger partial charge in [-0.3, -0.25) is 10.2 Å². The molecule has 3 aliphatic heterocycles. The van der Waals surface area contributed by atoms with Crippen LogP contribution in [0.4, 0.5) is 10.1 Å². The molecule has 34 heavy (non-hydrogen) atoms. The van der Waals surface area contributed by atoms with Gasteiger partial charge in [0.25, 0.3) is 0 Å². The van der Waals surface area contributed by atoms with Gasteiger partial charge in [-0.05, 0) is 36.2 Å². The van der Waals surface area contributed by atoms with Crippen molar-refractivity contribution < 1.29 is 18.7 Å². The third-order valence-electron chi connectivity index (χ3n) is 5.92. The lowest BCUT2D eigenvalue weighted by Crippen LogP contribution is -2.54. The van der Waals surface area contributed by atoms with Crippen LogP contribution in [0, 0.1) is 5.82 Å². The van der Waals surface area contributed by atoms with E-state index < -0.39 is 5.97 Å². The van der Waals surface area contributed by atoms with E-state index in [1.807, 2.05) is 22.3 Å². The van der Waals surface area contributed by atoms with Crippen LogP contribution < -0.4 is 16.2 Å². The highest BCUT2D eigenvalue weighted by Crippen LogP contribution is 2.35. The van der Waals surface area contributed by atoms with Crippen LogP contribution in [-0.4, -0.2) is 52.0 Å². The van der Waals surface area contributed by atoms with E-state index in [9.17, 15) is 14.0 Å². The van der Waals surface area contributed by atoms with Gasteiger partial charge < -0.3 is 20.0 Å². The Hall–Kier alpha value is -3.57. The number of hydrogen-bond acceptors (Lipinski definition) is 9. The summed E-state index contributed by atoms with van der Waals surface area (Å²) in [6.07, 6.45) is 4.58. The first kappa shape index (κ1) is 22.2. The molecule has 0 saturated carbocycles. The first-order valence-electron chi connectivity index (χ1n) is 10.7. The zero-order valence-corrected chi connectivity index (χ0v) is 19.1. The van der Waals surface area contributed by atoms with Crippen LogP contribution in [0.2, 0.25) is 0 Å². The summed E-state index contributed by atoms with van der Waals surface area (Å²) in [5, 5.41) is 9.93. The minimum atomic E-state index is -0.511. The van der Waals surface area contributed by atoms with Crippen molar-refractivity contribution in [3.63, 3.8) is 0 Å². The number of nitrogens with one attached hydrogen (secondary N) is 3. The highest BCUT2D eigenvalue weighted by atomic mass is 32.2. The summed E-state index contributed by atoms with van der Waals surface area (Å²) in [6.45, 7) is 0. The number of benzene rings is 2. The Labute approximate surface area is 200 Å². The van der Waals surface area contributed by atoms with Crippen molar-refractivity contribution in [2.24, 2.45) is 5.10 Å². The van der Waals surface area contributed by atoms with Gasteiger partial charge in [-0.25, -0.2) is 14.6 Å². The molecule has 2 aromatic rings. The van der Waals surface area contributed by atoms with E-state index in [0.717, 1.165) is 12.0 Å². The normalized spacial score (nSPS) is 22.5. The van der Waals surface area contributed by atoms with Gasteiger partial charge in [0.2, 0.25) is 5.91 Å². The average Bonchev–Trinajstić information content (AvgIpc) is 3.47. The van der Waals surface area contributed by atoms with Crippen LogP contribution in [0.1, 0.15) is 28.4 Å². The first-order valence-corrected chi connectivity index (χ1v) is 11.7. The monoisotopic (exact) mass is 482 g/mol. The molecular formula is C23H23FN6O3S. The number of hydrogen-bond donors (Lipinski definition) is 3. The lowest BCUT2D eigenvalue weighted by molar-refractivity contribution is -0.113. The molecule has 11 heteroatoms. The van der Waals surface area contributed by atoms with Crippen molar-refractivity contribution in [3.05, 3.63) is 77.9 Å². The van der Waals surface area contributed by atoms with E-state index in [1.165, 1.54) is 31.0 Å². The molecule has 1 fully saturated rings.